The molecule has 24 heavy (non-hydrogen) atoms. The molecule has 7 nitrogen and oxygen atoms in total. The molecule has 0 saturated heterocycles. The third kappa shape index (κ3) is 3.43. The number of rotatable bonds is 6. The Kier molecular flexibility index (Phi) is 4.55. The van der Waals surface area contributed by atoms with Crippen LogP contribution in [0.4, 0.5) is 10.1 Å². The number of nitrogens with zero attached hydrogens (tertiary/aromatic N) is 4. The normalized spacial score (nSPS) is 10.6. The lowest BCUT2D eigenvalue weighted by Gasteiger charge is -2.22. The number of amides is 1. The summed E-state index contributed by atoms with van der Waals surface area (Å²) in [6, 6.07) is 7.81. The van der Waals surface area contributed by atoms with E-state index >= 15 is 0 Å². The van der Waals surface area contributed by atoms with Crippen molar-refractivity contribution in [3.63, 3.8) is 0 Å². The zero-order valence-electron chi connectivity index (χ0n) is 12.9. The van der Waals surface area contributed by atoms with Gasteiger partial charge in [0.15, 0.2) is 11.6 Å². The van der Waals surface area contributed by atoms with Crippen LogP contribution in [0, 0.1) is 5.82 Å². The molecule has 0 saturated carbocycles. The summed E-state index contributed by atoms with van der Waals surface area (Å²) in [5.41, 5.74) is 0.398. The van der Waals surface area contributed by atoms with Gasteiger partial charge in [-0.2, -0.15) is 5.10 Å². The number of anilines is 1. The molecule has 3 aromatic rings. The fourth-order valence-corrected chi connectivity index (χ4v) is 2.24. The third-order valence-electron chi connectivity index (χ3n) is 3.41. The van der Waals surface area contributed by atoms with Crippen LogP contribution in [0.3, 0.4) is 0 Å². The van der Waals surface area contributed by atoms with Gasteiger partial charge in [-0.1, -0.05) is 0 Å². The van der Waals surface area contributed by atoms with Crippen LogP contribution in [0.2, 0.25) is 0 Å². The predicted octanol–water partition coefficient (Wildman–Crippen LogP) is 2.25. The van der Waals surface area contributed by atoms with E-state index in [4.69, 9.17) is 9.15 Å². The standard InChI is InChI=1S/C16H15FN4O3/c1-23-15-5-4-12(7-14(15)17)21(8-13-3-2-6-24-13)16(22)9-20-11-18-10-19-20/h2-7,10-11H,8-9H2,1H3. The minimum Gasteiger partial charge on any atom is -0.494 e. The van der Waals surface area contributed by atoms with Crippen LogP contribution in [-0.4, -0.2) is 27.8 Å². The van der Waals surface area contributed by atoms with E-state index in [1.165, 1.54) is 47.7 Å². The molecule has 0 N–H and O–H groups in total. The Morgan fingerprint density at radius 1 is 1.42 bits per heavy atom. The van der Waals surface area contributed by atoms with Crippen molar-refractivity contribution in [2.24, 2.45) is 0 Å². The molecule has 2 heterocycles. The van der Waals surface area contributed by atoms with Crippen LogP contribution in [0.1, 0.15) is 5.76 Å². The molecule has 0 aliphatic heterocycles. The van der Waals surface area contributed by atoms with Crippen LogP contribution in [-0.2, 0) is 17.9 Å². The number of benzene rings is 1. The van der Waals surface area contributed by atoms with Gasteiger partial charge >= 0.3 is 0 Å². The molecular weight excluding hydrogens is 315 g/mol. The van der Waals surface area contributed by atoms with E-state index < -0.39 is 5.82 Å². The number of hydrogen-bond acceptors (Lipinski definition) is 5. The summed E-state index contributed by atoms with van der Waals surface area (Å²) in [6.45, 7) is 0.153. The number of halogens is 1. The van der Waals surface area contributed by atoms with Crippen molar-refractivity contribution in [3.05, 3.63) is 60.8 Å². The molecule has 1 amide bonds. The van der Waals surface area contributed by atoms with Crippen molar-refractivity contribution in [3.8, 4) is 5.75 Å². The second-order valence-electron chi connectivity index (χ2n) is 4.97. The van der Waals surface area contributed by atoms with Crippen LogP contribution in [0.15, 0.2) is 53.7 Å². The molecule has 8 heteroatoms. The summed E-state index contributed by atoms with van der Waals surface area (Å²) in [6.07, 6.45) is 4.30. The van der Waals surface area contributed by atoms with Gasteiger partial charge in [-0.05, 0) is 24.3 Å². The van der Waals surface area contributed by atoms with Crippen molar-refractivity contribution in [1.82, 2.24) is 14.8 Å². The predicted molar refractivity (Wildman–Crippen MR) is 82.9 cm³/mol. The number of hydrogen-bond donors (Lipinski definition) is 0. The van der Waals surface area contributed by atoms with Crippen molar-refractivity contribution >= 4 is 11.6 Å². The summed E-state index contributed by atoms with van der Waals surface area (Å²) < 4.78 is 25.6. The minimum absolute atomic E-state index is 0.0195. The average Bonchev–Trinajstić information content (AvgIpc) is 3.26. The molecule has 0 fully saturated rings. The number of carbonyl (C=O) groups is 1. The van der Waals surface area contributed by atoms with Crippen molar-refractivity contribution < 1.29 is 18.3 Å². The molecule has 0 aliphatic rings. The lowest BCUT2D eigenvalue weighted by molar-refractivity contribution is -0.119. The van der Waals surface area contributed by atoms with Gasteiger partial charge in [-0.3, -0.25) is 4.79 Å². The molecular formula is C16H15FN4O3. The van der Waals surface area contributed by atoms with E-state index in [0.29, 0.717) is 11.4 Å². The maximum atomic E-state index is 14.0. The van der Waals surface area contributed by atoms with Crippen molar-refractivity contribution in [2.75, 3.05) is 12.0 Å². The Bertz CT molecular complexity index is 803. The van der Waals surface area contributed by atoms with Gasteiger partial charge < -0.3 is 14.1 Å². The van der Waals surface area contributed by atoms with Gasteiger partial charge in [0.25, 0.3) is 0 Å². The topological polar surface area (TPSA) is 73.4 Å². The highest BCUT2D eigenvalue weighted by Gasteiger charge is 2.20. The molecule has 0 radical (unpaired) electrons. The van der Waals surface area contributed by atoms with Crippen LogP contribution >= 0.6 is 0 Å². The Morgan fingerprint density at radius 3 is 2.92 bits per heavy atom. The largest absolute Gasteiger partial charge is 0.494 e. The number of ether oxygens (including phenoxy) is 1. The molecule has 3 rings (SSSR count). The first-order valence-electron chi connectivity index (χ1n) is 7.16. The molecule has 0 atom stereocenters. The molecule has 0 unspecified atom stereocenters. The van der Waals surface area contributed by atoms with Gasteiger partial charge in [0.1, 0.15) is 25.0 Å². The van der Waals surface area contributed by atoms with Gasteiger partial charge in [0, 0.05) is 11.8 Å². The highest BCUT2D eigenvalue weighted by molar-refractivity contribution is 5.93. The molecule has 2 aromatic heterocycles. The Hall–Kier alpha value is -3.16. The fourth-order valence-electron chi connectivity index (χ4n) is 2.24. The van der Waals surface area contributed by atoms with Gasteiger partial charge in [0.2, 0.25) is 5.91 Å². The summed E-state index contributed by atoms with van der Waals surface area (Å²) >= 11 is 0. The summed E-state index contributed by atoms with van der Waals surface area (Å²) in [5, 5.41) is 3.91. The highest BCUT2D eigenvalue weighted by Crippen LogP contribution is 2.25. The smallest absolute Gasteiger partial charge is 0.249 e. The first-order chi connectivity index (χ1) is 11.7. The average molecular weight is 330 g/mol. The van der Waals surface area contributed by atoms with Crippen molar-refractivity contribution in [2.45, 2.75) is 13.1 Å². The first kappa shape index (κ1) is 15.7. The van der Waals surface area contributed by atoms with Gasteiger partial charge in [-0.25, -0.2) is 14.1 Å². The van der Waals surface area contributed by atoms with Crippen molar-refractivity contribution in [1.29, 1.82) is 0 Å². The summed E-state index contributed by atoms with van der Waals surface area (Å²) in [4.78, 5) is 17.9. The number of methoxy groups -OCH3 is 1. The molecule has 0 spiro atoms. The van der Waals surface area contributed by atoms with Gasteiger partial charge in [-0.15, -0.1) is 0 Å². The van der Waals surface area contributed by atoms with Gasteiger partial charge in [0.05, 0.1) is 19.9 Å². The zero-order chi connectivity index (χ0) is 16.9. The highest BCUT2D eigenvalue weighted by atomic mass is 19.1. The van der Waals surface area contributed by atoms with E-state index in [-0.39, 0.29) is 24.7 Å². The second kappa shape index (κ2) is 6.95. The summed E-state index contributed by atoms with van der Waals surface area (Å²) in [5.74, 6) is -0.131. The Labute approximate surface area is 137 Å². The van der Waals surface area contributed by atoms with E-state index in [1.54, 1.807) is 18.2 Å². The first-order valence-corrected chi connectivity index (χ1v) is 7.16. The lowest BCUT2D eigenvalue weighted by atomic mass is 10.2. The lowest BCUT2D eigenvalue weighted by Crippen LogP contribution is -2.33. The zero-order valence-corrected chi connectivity index (χ0v) is 12.9. The van der Waals surface area contributed by atoms with E-state index in [1.807, 2.05) is 0 Å². The third-order valence-corrected chi connectivity index (χ3v) is 3.41. The number of carbonyl (C=O) groups excluding carboxylic acids is 1. The quantitative estimate of drug-likeness (QED) is 0.693. The molecule has 0 bridgehead atoms. The van der Waals surface area contributed by atoms with Crippen LogP contribution in [0.5, 0.6) is 5.75 Å². The Morgan fingerprint density at radius 2 is 2.29 bits per heavy atom. The van der Waals surface area contributed by atoms with Crippen LogP contribution in [0.25, 0.3) is 0 Å². The maximum Gasteiger partial charge on any atom is 0.249 e. The minimum atomic E-state index is -0.548. The molecule has 1 aromatic carbocycles. The SMILES string of the molecule is COc1ccc(N(Cc2ccco2)C(=O)Cn2cncn2)cc1F. The number of furan rings is 1. The van der Waals surface area contributed by atoms with E-state index in [2.05, 4.69) is 10.1 Å². The maximum absolute atomic E-state index is 14.0. The van der Waals surface area contributed by atoms with E-state index in [0.717, 1.165) is 0 Å². The molecule has 0 aliphatic carbocycles. The number of aromatic nitrogens is 3. The van der Waals surface area contributed by atoms with E-state index in [9.17, 15) is 9.18 Å². The monoisotopic (exact) mass is 330 g/mol. The second-order valence-corrected chi connectivity index (χ2v) is 4.97. The summed E-state index contributed by atoms with van der Waals surface area (Å²) in [7, 11) is 1.38. The Balaban J connectivity index is 1.89. The molecule has 124 valence electrons. The fraction of sp³-hybridized carbons (Fsp3) is 0.188. The van der Waals surface area contributed by atoms with Crippen LogP contribution < -0.4 is 9.64 Å².